The van der Waals surface area contributed by atoms with Gasteiger partial charge in [0.15, 0.2) is 0 Å². The van der Waals surface area contributed by atoms with Gasteiger partial charge in [-0.25, -0.2) is 0 Å². The average Bonchev–Trinajstić information content (AvgIpc) is 3.36. The van der Waals surface area contributed by atoms with Gasteiger partial charge in [-0.05, 0) is 72.9 Å². The van der Waals surface area contributed by atoms with E-state index in [2.05, 4.69) is 77.1 Å². The van der Waals surface area contributed by atoms with Gasteiger partial charge in [-0.1, -0.05) is 115 Å². The molecule has 0 spiro atoms. The smallest absolute Gasteiger partial charge is 0.226 e. The lowest BCUT2D eigenvalue weighted by Gasteiger charge is -2.50. The summed E-state index contributed by atoms with van der Waals surface area (Å²) in [7, 11) is 0. The molecule has 1 N–H and O–H groups in total. The minimum Gasteiger partial charge on any atom is -0.493 e. The molecule has 1 aromatic carbocycles. The number of unbranched alkanes of at least 4 members (excludes halogenated alkanes) is 5. The number of fused-ring (bicyclic) bond motifs is 1. The largest absolute Gasteiger partial charge is 0.493 e. The molecule has 3 aliphatic rings. The quantitative estimate of drug-likeness (QED) is 0.0938. The van der Waals surface area contributed by atoms with Crippen LogP contribution in [-0.4, -0.2) is 69.2 Å². The number of ether oxygens (including phenoxy) is 6. The van der Waals surface area contributed by atoms with E-state index in [0.29, 0.717) is 50.8 Å². The second-order valence-corrected chi connectivity index (χ2v) is 13.7. The Morgan fingerprint density at radius 1 is 0.620 bits per heavy atom. The highest BCUT2D eigenvalue weighted by Crippen LogP contribution is 2.45. The van der Waals surface area contributed by atoms with Crippen molar-refractivity contribution in [2.75, 3.05) is 39.6 Å². The zero-order valence-corrected chi connectivity index (χ0v) is 31.5. The molecule has 1 aromatic rings. The first-order valence-corrected chi connectivity index (χ1v) is 19.5. The van der Waals surface area contributed by atoms with Crippen LogP contribution in [0.15, 0.2) is 60.7 Å². The Bertz CT molecular complexity index is 1300. The normalized spacial score (nSPS) is 22.3. The van der Waals surface area contributed by atoms with Gasteiger partial charge in [0, 0.05) is 26.4 Å². The zero-order chi connectivity index (χ0) is 35.6. The van der Waals surface area contributed by atoms with Gasteiger partial charge >= 0.3 is 0 Å². The molecule has 7 nitrogen and oxygen atoms in total. The molecular formula is C43H64O7. The molecule has 50 heavy (non-hydrogen) atoms. The highest BCUT2D eigenvalue weighted by molar-refractivity contribution is 5.68. The van der Waals surface area contributed by atoms with E-state index in [0.717, 1.165) is 69.8 Å². The Morgan fingerprint density at radius 3 is 1.84 bits per heavy atom. The van der Waals surface area contributed by atoms with E-state index < -0.39 is 30.2 Å². The molecule has 2 aliphatic carbocycles. The van der Waals surface area contributed by atoms with Crippen LogP contribution in [0.5, 0.6) is 5.75 Å². The van der Waals surface area contributed by atoms with E-state index in [9.17, 15) is 5.11 Å². The molecule has 1 saturated heterocycles. The third-order valence-corrected chi connectivity index (χ3v) is 9.42. The van der Waals surface area contributed by atoms with Crippen molar-refractivity contribution in [3.05, 3.63) is 77.4 Å². The summed E-state index contributed by atoms with van der Waals surface area (Å²) in [6, 6.07) is 21.1. The van der Waals surface area contributed by atoms with E-state index in [-0.39, 0.29) is 6.61 Å². The van der Waals surface area contributed by atoms with Gasteiger partial charge in [-0.2, -0.15) is 0 Å². The maximum atomic E-state index is 13.1. The van der Waals surface area contributed by atoms with Crippen LogP contribution in [0.2, 0.25) is 0 Å². The van der Waals surface area contributed by atoms with Crippen LogP contribution < -0.4 is 4.74 Å². The fraction of sp³-hybridized carbons (Fsp3) is 0.628. The van der Waals surface area contributed by atoms with Crippen LogP contribution in [0.1, 0.15) is 116 Å². The molecule has 4 rings (SSSR count). The SMILES string of the molecule is CCCCOC[C@H]1OC(O)(c2cc(Cc3cc4cccccc-4c3)ccc2OCCCC)[C@H](OCCCC)[C@@H](OCCCC)[C@@H]1OCCCC. The van der Waals surface area contributed by atoms with E-state index >= 15 is 0 Å². The number of benzene rings is 1. The molecule has 0 bridgehead atoms. The maximum absolute atomic E-state index is 13.1. The molecule has 1 aliphatic heterocycles. The monoisotopic (exact) mass is 692 g/mol. The second-order valence-electron chi connectivity index (χ2n) is 13.7. The van der Waals surface area contributed by atoms with Gasteiger partial charge in [0.05, 0.1) is 18.8 Å². The minimum absolute atomic E-state index is 0.275. The summed E-state index contributed by atoms with van der Waals surface area (Å²) in [6.45, 7) is 13.7. The third kappa shape index (κ3) is 11.2. The summed E-state index contributed by atoms with van der Waals surface area (Å²) < 4.78 is 39.5. The summed E-state index contributed by atoms with van der Waals surface area (Å²) in [5.41, 5.74) is 5.22. The number of aliphatic hydroxyl groups is 1. The van der Waals surface area contributed by atoms with Gasteiger partial charge in [0.25, 0.3) is 0 Å². The third-order valence-electron chi connectivity index (χ3n) is 9.42. The van der Waals surface area contributed by atoms with E-state index in [1.165, 1.54) is 16.7 Å². The van der Waals surface area contributed by atoms with Crippen molar-refractivity contribution >= 4 is 0 Å². The fourth-order valence-corrected chi connectivity index (χ4v) is 6.47. The molecule has 1 heterocycles. The van der Waals surface area contributed by atoms with Crippen LogP contribution in [0.25, 0.3) is 11.1 Å². The Labute approximate surface area is 302 Å². The lowest BCUT2D eigenvalue weighted by Crippen LogP contribution is -2.66. The average molecular weight is 693 g/mol. The Hall–Kier alpha value is -2.52. The molecule has 1 unspecified atom stereocenters. The summed E-state index contributed by atoms with van der Waals surface area (Å²) in [5, 5.41) is 13.1. The highest BCUT2D eigenvalue weighted by atomic mass is 16.7. The first kappa shape index (κ1) is 40.3. The predicted molar refractivity (Wildman–Crippen MR) is 201 cm³/mol. The molecular weight excluding hydrogens is 628 g/mol. The maximum Gasteiger partial charge on any atom is 0.226 e. The number of rotatable bonds is 24. The Balaban J connectivity index is 1.81. The second kappa shape index (κ2) is 21.8. The fourth-order valence-electron chi connectivity index (χ4n) is 6.47. The first-order chi connectivity index (χ1) is 24.5. The van der Waals surface area contributed by atoms with Crippen LogP contribution in [-0.2, 0) is 35.9 Å². The van der Waals surface area contributed by atoms with Gasteiger partial charge in [-0.3, -0.25) is 0 Å². The predicted octanol–water partition coefficient (Wildman–Crippen LogP) is 9.48. The van der Waals surface area contributed by atoms with E-state index in [4.69, 9.17) is 28.4 Å². The van der Waals surface area contributed by atoms with Gasteiger partial charge in [0.2, 0.25) is 5.79 Å². The van der Waals surface area contributed by atoms with Crippen molar-refractivity contribution in [1.82, 2.24) is 0 Å². The number of hydrogen-bond donors (Lipinski definition) is 1. The molecule has 0 radical (unpaired) electrons. The molecule has 7 heteroatoms. The van der Waals surface area contributed by atoms with E-state index in [1.54, 1.807) is 0 Å². The lowest BCUT2D eigenvalue weighted by molar-refractivity contribution is -0.375. The number of hydrogen-bond acceptors (Lipinski definition) is 7. The molecule has 0 amide bonds. The van der Waals surface area contributed by atoms with Crippen molar-refractivity contribution in [3.63, 3.8) is 0 Å². The van der Waals surface area contributed by atoms with Crippen LogP contribution in [0.4, 0.5) is 0 Å². The van der Waals surface area contributed by atoms with Crippen molar-refractivity contribution in [3.8, 4) is 16.9 Å². The molecule has 0 aromatic heterocycles. The summed E-state index contributed by atoms with van der Waals surface area (Å²) in [5.74, 6) is -1.28. The van der Waals surface area contributed by atoms with Gasteiger partial charge in [0.1, 0.15) is 30.2 Å². The van der Waals surface area contributed by atoms with Crippen molar-refractivity contribution < 1.29 is 33.5 Å². The van der Waals surface area contributed by atoms with Crippen molar-refractivity contribution in [2.24, 2.45) is 0 Å². The van der Waals surface area contributed by atoms with Gasteiger partial charge < -0.3 is 33.5 Å². The topological polar surface area (TPSA) is 75.6 Å². The molecule has 0 saturated carbocycles. The molecule has 1 fully saturated rings. The highest BCUT2D eigenvalue weighted by Gasteiger charge is 2.58. The lowest BCUT2D eigenvalue weighted by atomic mass is 9.86. The molecule has 278 valence electrons. The summed E-state index contributed by atoms with van der Waals surface area (Å²) in [4.78, 5) is 0. The summed E-state index contributed by atoms with van der Waals surface area (Å²) >= 11 is 0. The Morgan fingerprint density at radius 2 is 1.20 bits per heavy atom. The standard InChI is InChI=1S/C43H64O7/c1-6-11-23-45-32-39-40(47-25-13-8-3)41(48-26-14-9-4)42(49-27-15-10-5)43(44,50-39)37-31-33(21-22-38(37)46-24-12-7-2)28-34-29-35-19-17-16-18-20-36(35)30-34/h16-22,29-31,39-42,44H,6-15,23-28,32H2,1-5H3/t39-,40-,41+,42-,43?/m1/s1. The molecule has 5 atom stereocenters. The first-order valence-electron chi connectivity index (χ1n) is 19.5. The van der Waals surface area contributed by atoms with Crippen molar-refractivity contribution in [2.45, 2.75) is 135 Å². The van der Waals surface area contributed by atoms with E-state index in [1.807, 2.05) is 18.2 Å². The van der Waals surface area contributed by atoms with Crippen LogP contribution in [0, 0.1) is 0 Å². The zero-order valence-electron chi connectivity index (χ0n) is 31.5. The minimum atomic E-state index is -1.88. The van der Waals surface area contributed by atoms with Crippen molar-refractivity contribution in [1.29, 1.82) is 0 Å². The van der Waals surface area contributed by atoms with Crippen LogP contribution in [0.3, 0.4) is 0 Å². The van der Waals surface area contributed by atoms with Crippen LogP contribution >= 0.6 is 0 Å². The van der Waals surface area contributed by atoms with Gasteiger partial charge in [-0.15, -0.1) is 0 Å². The summed E-state index contributed by atoms with van der Waals surface area (Å²) in [6.07, 6.45) is 7.71. The Kier molecular flexibility index (Phi) is 17.5.